The van der Waals surface area contributed by atoms with Crippen molar-refractivity contribution in [3.05, 3.63) is 0 Å². The Morgan fingerprint density at radius 2 is 1.75 bits per heavy atom. The summed E-state index contributed by atoms with van der Waals surface area (Å²) in [6, 6.07) is 0. The van der Waals surface area contributed by atoms with Crippen LogP contribution in [-0.4, -0.2) is 39.4 Å². The molecule has 0 saturated heterocycles. The van der Waals surface area contributed by atoms with E-state index in [0.29, 0.717) is 19.5 Å². The number of hydrogen-bond donors (Lipinski definition) is 0. The standard InChI is InChI=1S/C15H28O5/c1-3-4-5-6-7-8-9-15(17)20-12-14(10-18-2)11-19-13-16/h13-14H,3-12H2,1-2H3. The van der Waals surface area contributed by atoms with Gasteiger partial charge in [-0.15, -0.1) is 0 Å². The summed E-state index contributed by atoms with van der Waals surface area (Å²) in [6.45, 7) is 3.42. The molecular formula is C15H28O5. The highest BCUT2D eigenvalue weighted by Gasteiger charge is 2.12. The van der Waals surface area contributed by atoms with Crippen LogP contribution < -0.4 is 0 Å². The van der Waals surface area contributed by atoms with Crippen LogP contribution in [-0.2, 0) is 23.8 Å². The molecule has 0 heterocycles. The molecule has 0 aromatic heterocycles. The molecule has 0 radical (unpaired) electrons. The summed E-state index contributed by atoms with van der Waals surface area (Å²) in [4.78, 5) is 21.7. The number of carbonyl (C=O) groups excluding carboxylic acids is 2. The molecule has 1 atom stereocenters. The van der Waals surface area contributed by atoms with E-state index in [-0.39, 0.29) is 25.1 Å². The van der Waals surface area contributed by atoms with Crippen molar-refractivity contribution < 1.29 is 23.8 Å². The summed E-state index contributed by atoms with van der Waals surface area (Å²) >= 11 is 0. The van der Waals surface area contributed by atoms with Gasteiger partial charge in [-0.2, -0.15) is 0 Å². The molecule has 0 aromatic rings. The monoisotopic (exact) mass is 288 g/mol. The Hall–Kier alpha value is -1.10. The molecule has 0 rings (SSSR count). The van der Waals surface area contributed by atoms with Crippen molar-refractivity contribution in [1.82, 2.24) is 0 Å². The van der Waals surface area contributed by atoms with Crippen LogP contribution >= 0.6 is 0 Å². The van der Waals surface area contributed by atoms with E-state index in [2.05, 4.69) is 11.7 Å². The molecule has 0 N–H and O–H groups in total. The lowest BCUT2D eigenvalue weighted by Crippen LogP contribution is -2.22. The minimum atomic E-state index is -0.187. The first-order valence-electron chi connectivity index (χ1n) is 7.44. The lowest BCUT2D eigenvalue weighted by atomic mass is 10.1. The van der Waals surface area contributed by atoms with Crippen molar-refractivity contribution in [2.75, 3.05) is 26.9 Å². The van der Waals surface area contributed by atoms with Gasteiger partial charge in [0.2, 0.25) is 0 Å². The minimum absolute atomic E-state index is 0.0984. The van der Waals surface area contributed by atoms with Gasteiger partial charge in [0.05, 0.1) is 25.7 Å². The van der Waals surface area contributed by atoms with Crippen LogP contribution in [0.25, 0.3) is 0 Å². The van der Waals surface area contributed by atoms with Crippen LogP contribution in [0.3, 0.4) is 0 Å². The van der Waals surface area contributed by atoms with Gasteiger partial charge in [-0.05, 0) is 6.42 Å². The van der Waals surface area contributed by atoms with E-state index >= 15 is 0 Å². The summed E-state index contributed by atoms with van der Waals surface area (Å²) < 4.78 is 14.8. The Morgan fingerprint density at radius 1 is 1.05 bits per heavy atom. The summed E-state index contributed by atoms with van der Waals surface area (Å²) in [7, 11) is 1.56. The van der Waals surface area contributed by atoms with Gasteiger partial charge >= 0.3 is 5.97 Å². The van der Waals surface area contributed by atoms with Gasteiger partial charge in [-0.25, -0.2) is 0 Å². The normalized spacial score (nSPS) is 11.9. The third-order valence-electron chi connectivity index (χ3n) is 3.02. The van der Waals surface area contributed by atoms with E-state index in [9.17, 15) is 9.59 Å². The van der Waals surface area contributed by atoms with Crippen molar-refractivity contribution >= 4 is 12.4 Å². The Balaban J connectivity index is 3.59. The number of rotatable bonds is 14. The largest absolute Gasteiger partial charge is 0.467 e. The third-order valence-corrected chi connectivity index (χ3v) is 3.02. The van der Waals surface area contributed by atoms with Gasteiger partial charge in [0.25, 0.3) is 6.47 Å². The maximum atomic E-state index is 11.5. The highest BCUT2D eigenvalue weighted by Crippen LogP contribution is 2.08. The molecule has 0 bridgehead atoms. The first-order chi connectivity index (χ1) is 9.74. The molecule has 0 fully saturated rings. The van der Waals surface area contributed by atoms with Crippen LogP contribution in [0.15, 0.2) is 0 Å². The molecule has 5 heteroatoms. The number of hydrogen-bond acceptors (Lipinski definition) is 5. The Kier molecular flexibility index (Phi) is 13.5. The summed E-state index contributed by atoms with van der Waals surface area (Å²) in [6.07, 6.45) is 7.32. The van der Waals surface area contributed by atoms with Crippen LogP contribution in [0.5, 0.6) is 0 Å². The molecule has 0 aliphatic heterocycles. The molecule has 0 aliphatic rings. The maximum Gasteiger partial charge on any atom is 0.305 e. The maximum absolute atomic E-state index is 11.5. The molecule has 0 aromatic carbocycles. The molecule has 0 amide bonds. The van der Waals surface area contributed by atoms with E-state index in [0.717, 1.165) is 12.8 Å². The molecule has 1 unspecified atom stereocenters. The second-order valence-corrected chi connectivity index (χ2v) is 4.95. The Morgan fingerprint density at radius 3 is 2.40 bits per heavy atom. The van der Waals surface area contributed by atoms with E-state index in [4.69, 9.17) is 9.47 Å². The number of methoxy groups -OCH3 is 1. The zero-order chi connectivity index (χ0) is 15.1. The van der Waals surface area contributed by atoms with E-state index in [1.807, 2.05) is 0 Å². The Bertz CT molecular complexity index is 242. The quantitative estimate of drug-likeness (QED) is 0.279. The van der Waals surface area contributed by atoms with Gasteiger partial charge in [0, 0.05) is 13.5 Å². The summed E-state index contributed by atoms with van der Waals surface area (Å²) in [5, 5.41) is 0. The lowest BCUT2D eigenvalue weighted by Gasteiger charge is -2.14. The fourth-order valence-corrected chi connectivity index (χ4v) is 1.89. The molecular weight excluding hydrogens is 260 g/mol. The summed E-state index contributed by atoms with van der Waals surface area (Å²) in [5.74, 6) is -0.286. The SMILES string of the molecule is CCCCCCCCC(=O)OCC(COC)COC=O. The first-order valence-corrected chi connectivity index (χ1v) is 7.44. The van der Waals surface area contributed by atoms with Gasteiger partial charge < -0.3 is 14.2 Å². The fraction of sp³-hybridized carbons (Fsp3) is 0.867. The van der Waals surface area contributed by atoms with Crippen LogP contribution in [0, 0.1) is 5.92 Å². The molecule has 20 heavy (non-hydrogen) atoms. The van der Waals surface area contributed by atoms with Crippen molar-refractivity contribution in [3.63, 3.8) is 0 Å². The fourth-order valence-electron chi connectivity index (χ4n) is 1.89. The van der Waals surface area contributed by atoms with Crippen molar-refractivity contribution in [1.29, 1.82) is 0 Å². The van der Waals surface area contributed by atoms with Gasteiger partial charge in [-0.1, -0.05) is 39.0 Å². The van der Waals surface area contributed by atoms with Crippen LogP contribution in [0.2, 0.25) is 0 Å². The average Bonchev–Trinajstić information content (AvgIpc) is 2.45. The second-order valence-electron chi connectivity index (χ2n) is 4.95. The first kappa shape index (κ1) is 18.9. The topological polar surface area (TPSA) is 61.8 Å². The van der Waals surface area contributed by atoms with Crippen LogP contribution in [0.1, 0.15) is 51.9 Å². The van der Waals surface area contributed by atoms with E-state index in [1.54, 1.807) is 7.11 Å². The lowest BCUT2D eigenvalue weighted by molar-refractivity contribution is -0.147. The predicted octanol–water partition coefficient (Wildman–Crippen LogP) is 2.72. The zero-order valence-corrected chi connectivity index (χ0v) is 12.8. The molecule has 0 spiro atoms. The molecule has 0 saturated carbocycles. The molecule has 0 aliphatic carbocycles. The highest BCUT2D eigenvalue weighted by atomic mass is 16.5. The number of ether oxygens (including phenoxy) is 3. The van der Waals surface area contributed by atoms with E-state index in [1.165, 1.54) is 25.7 Å². The number of unbranched alkanes of at least 4 members (excludes halogenated alkanes) is 5. The molecule has 118 valence electrons. The van der Waals surface area contributed by atoms with Crippen molar-refractivity contribution in [3.8, 4) is 0 Å². The number of carbonyl (C=O) groups is 2. The van der Waals surface area contributed by atoms with Gasteiger partial charge in [-0.3, -0.25) is 9.59 Å². The smallest absolute Gasteiger partial charge is 0.305 e. The van der Waals surface area contributed by atoms with Crippen LogP contribution in [0.4, 0.5) is 0 Å². The zero-order valence-electron chi connectivity index (χ0n) is 12.8. The molecule has 5 nitrogen and oxygen atoms in total. The van der Waals surface area contributed by atoms with Gasteiger partial charge in [0.15, 0.2) is 0 Å². The average molecular weight is 288 g/mol. The van der Waals surface area contributed by atoms with Crippen molar-refractivity contribution in [2.45, 2.75) is 51.9 Å². The second kappa shape index (κ2) is 14.3. The minimum Gasteiger partial charge on any atom is -0.467 e. The third kappa shape index (κ3) is 12.0. The summed E-state index contributed by atoms with van der Waals surface area (Å²) in [5.41, 5.74) is 0. The predicted molar refractivity (Wildman–Crippen MR) is 76.3 cm³/mol. The van der Waals surface area contributed by atoms with Gasteiger partial charge in [0.1, 0.15) is 0 Å². The van der Waals surface area contributed by atoms with Crippen molar-refractivity contribution in [2.24, 2.45) is 5.92 Å². The Labute approximate surface area is 122 Å². The van der Waals surface area contributed by atoms with E-state index < -0.39 is 0 Å². The number of esters is 1. The highest BCUT2D eigenvalue weighted by molar-refractivity contribution is 5.69.